The van der Waals surface area contributed by atoms with Crippen LogP contribution in [0.5, 0.6) is 0 Å². The van der Waals surface area contributed by atoms with Crippen LogP contribution >= 0.6 is 0 Å². The van der Waals surface area contributed by atoms with Crippen molar-refractivity contribution >= 4 is 5.78 Å². The Bertz CT molecular complexity index is 321. The fraction of sp³-hybridized carbons (Fsp3) is 0.667. The van der Waals surface area contributed by atoms with E-state index in [0.717, 1.165) is 25.7 Å². The monoisotopic (exact) mass is 269 g/mol. The van der Waals surface area contributed by atoms with Gasteiger partial charge >= 0.3 is 0 Å². The third-order valence-corrected chi connectivity index (χ3v) is 3.01. The number of ether oxygens (including phenoxy) is 1. The van der Waals surface area contributed by atoms with Crippen molar-refractivity contribution in [2.45, 2.75) is 46.5 Å². The standard InChI is InChI=1S/C15H27NO3/c1-12(13(2)17)8-5-4-6-9-15(18)14(3)19-11-7-10-16/h6,9,12,18H,4-5,7-8,10-11,16H2,1-3H3/b9-6-,15-14-. The normalized spacial score (nSPS) is 14.3. The molecule has 0 fully saturated rings. The molecule has 0 rings (SSSR count). The van der Waals surface area contributed by atoms with Gasteiger partial charge in [0, 0.05) is 5.92 Å². The van der Waals surface area contributed by atoms with Crippen LogP contribution in [0.2, 0.25) is 0 Å². The number of carbonyl (C=O) groups is 1. The maximum atomic E-state index is 11.0. The molecule has 0 aliphatic heterocycles. The van der Waals surface area contributed by atoms with Gasteiger partial charge < -0.3 is 15.6 Å². The molecule has 0 aliphatic carbocycles. The number of Topliss-reactive ketones (excluding diaryl/α,β-unsaturated/α-hetero) is 1. The first-order valence-corrected chi connectivity index (χ1v) is 6.88. The van der Waals surface area contributed by atoms with Crippen LogP contribution < -0.4 is 5.73 Å². The average molecular weight is 269 g/mol. The second-order valence-electron chi connectivity index (χ2n) is 4.78. The Morgan fingerprint density at radius 1 is 1.37 bits per heavy atom. The zero-order valence-corrected chi connectivity index (χ0v) is 12.3. The van der Waals surface area contributed by atoms with Gasteiger partial charge in [-0.15, -0.1) is 0 Å². The second-order valence-corrected chi connectivity index (χ2v) is 4.78. The predicted molar refractivity (Wildman–Crippen MR) is 77.8 cm³/mol. The van der Waals surface area contributed by atoms with Gasteiger partial charge in [-0.1, -0.05) is 13.0 Å². The van der Waals surface area contributed by atoms with Gasteiger partial charge in [0.15, 0.2) is 5.76 Å². The molecule has 3 N–H and O–H groups in total. The van der Waals surface area contributed by atoms with Crippen molar-refractivity contribution in [3.8, 4) is 0 Å². The molecule has 0 saturated carbocycles. The van der Waals surface area contributed by atoms with Gasteiger partial charge in [0.2, 0.25) is 0 Å². The van der Waals surface area contributed by atoms with Crippen molar-refractivity contribution in [1.29, 1.82) is 0 Å². The maximum Gasteiger partial charge on any atom is 0.152 e. The summed E-state index contributed by atoms with van der Waals surface area (Å²) in [4.78, 5) is 11.0. The van der Waals surface area contributed by atoms with Crippen molar-refractivity contribution < 1.29 is 14.6 Å². The molecule has 0 aromatic heterocycles. The summed E-state index contributed by atoms with van der Waals surface area (Å²) >= 11 is 0. The number of ketones is 1. The summed E-state index contributed by atoms with van der Waals surface area (Å²) in [6.07, 6.45) is 7.00. The van der Waals surface area contributed by atoms with Crippen LogP contribution in [0.15, 0.2) is 23.7 Å². The average Bonchev–Trinajstić information content (AvgIpc) is 2.37. The van der Waals surface area contributed by atoms with Crippen molar-refractivity contribution in [2.75, 3.05) is 13.2 Å². The predicted octanol–water partition coefficient (Wildman–Crippen LogP) is 3.09. The van der Waals surface area contributed by atoms with Crippen LogP contribution in [-0.2, 0) is 9.53 Å². The molecule has 1 unspecified atom stereocenters. The fourth-order valence-corrected chi connectivity index (χ4v) is 1.44. The maximum absolute atomic E-state index is 11.0. The fourth-order valence-electron chi connectivity index (χ4n) is 1.44. The third-order valence-electron chi connectivity index (χ3n) is 3.01. The molecular formula is C15H27NO3. The number of aliphatic hydroxyl groups is 1. The van der Waals surface area contributed by atoms with E-state index in [0.29, 0.717) is 18.9 Å². The number of allylic oxidation sites excluding steroid dienone is 3. The van der Waals surface area contributed by atoms with Gasteiger partial charge in [-0.3, -0.25) is 4.79 Å². The molecule has 0 heterocycles. The first-order valence-electron chi connectivity index (χ1n) is 6.88. The minimum absolute atomic E-state index is 0.124. The summed E-state index contributed by atoms with van der Waals surface area (Å²) in [5, 5.41) is 9.70. The van der Waals surface area contributed by atoms with Crippen LogP contribution in [0.25, 0.3) is 0 Å². The smallest absolute Gasteiger partial charge is 0.152 e. The number of rotatable bonds is 10. The number of nitrogens with two attached hydrogens (primary N) is 1. The Balaban J connectivity index is 3.91. The SMILES string of the molecule is CC(=O)C(C)CCC/C=C\C(O)=C(/C)OCCCN. The molecule has 0 amide bonds. The zero-order valence-electron chi connectivity index (χ0n) is 12.3. The van der Waals surface area contributed by atoms with E-state index in [2.05, 4.69) is 0 Å². The zero-order chi connectivity index (χ0) is 14.7. The second kappa shape index (κ2) is 10.6. The lowest BCUT2D eigenvalue weighted by molar-refractivity contribution is -0.120. The van der Waals surface area contributed by atoms with Gasteiger partial charge in [-0.2, -0.15) is 0 Å². The van der Waals surface area contributed by atoms with Gasteiger partial charge in [0.25, 0.3) is 0 Å². The highest BCUT2D eigenvalue weighted by molar-refractivity contribution is 5.77. The molecule has 19 heavy (non-hydrogen) atoms. The van der Waals surface area contributed by atoms with Crippen molar-refractivity contribution in [1.82, 2.24) is 0 Å². The Morgan fingerprint density at radius 2 is 2.05 bits per heavy atom. The summed E-state index contributed by atoms with van der Waals surface area (Å²) in [5.74, 6) is 1.02. The van der Waals surface area contributed by atoms with E-state index in [1.807, 2.05) is 13.0 Å². The molecule has 1 atom stereocenters. The van der Waals surface area contributed by atoms with Crippen LogP contribution in [0.1, 0.15) is 46.5 Å². The van der Waals surface area contributed by atoms with Crippen molar-refractivity contribution in [3.05, 3.63) is 23.7 Å². The molecule has 0 aromatic rings. The van der Waals surface area contributed by atoms with E-state index in [1.165, 1.54) is 0 Å². The number of unbranched alkanes of at least 4 members (excludes halogenated alkanes) is 1. The van der Waals surface area contributed by atoms with Gasteiger partial charge in [-0.25, -0.2) is 0 Å². The number of hydrogen-bond donors (Lipinski definition) is 2. The Hall–Kier alpha value is -1.29. The molecule has 4 heteroatoms. The van der Waals surface area contributed by atoms with E-state index in [4.69, 9.17) is 10.5 Å². The molecule has 0 saturated heterocycles. The lowest BCUT2D eigenvalue weighted by Gasteiger charge is -2.06. The van der Waals surface area contributed by atoms with E-state index in [-0.39, 0.29) is 17.5 Å². The minimum Gasteiger partial charge on any atom is -0.505 e. The molecular weight excluding hydrogens is 242 g/mol. The van der Waals surface area contributed by atoms with Crippen LogP contribution in [-0.4, -0.2) is 24.0 Å². The van der Waals surface area contributed by atoms with E-state index in [1.54, 1.807) is 19.9 Å². The van der Waals surface area contributed by atoms with E-state index in [9.17, 15) is 9.90 Å². The third kappa shape index (κ3) is 9.31. The first-order chi connectivity index (χ1) is 8.99. The highest BCUT2D eigenvalue weighted by Crippen LogP contribution is 2.10. The quantitative estimate of drug-likeness (QED) is 0.363. The summed E-state index contributed by atoms with van der Waals surface area (Å²) < 4.78 is 5.32. The van der Waals surface area contributed by atoms with E-state index < -0.39 is 0 Å². The van der Waals surface area contributed by atoms with Gasteiger partial charge in [0.1, 0.15) is 11.5 Å². The summed E-state index contributed by atoms with van der Waals surface area (Å²) in [6.45, 7) is 6.40. The number of carbonyl (C=O) groups excluding carboxylic acids is 1. The largest absolute Gasteiger partial charge is 0.505 e. The molecule has 0 bridgehead atoms. The number of aliphatic hydroxyl groups excluding tert-OH is 1. The molecule has 0 aromatic carbocycles. The Labute approximate surface area is 116 Å². The Kier molecular flexibility index (Phi) is 9.90. The van der Waals surface area contributed by atoms with Gasteiger partial charge in [0.05, 0.1) is 6.61 Å². The summed E-state index contributed by atoms with van der Waals surface area (Å²) in [5.41, 5.74) is 5.35. The van der Waals surface area contributed by atoms with Crippen molar-refractivity contribution in [2.24, 2.45) is 11.7 Å². The van der Waals surface area contributed by atoms with Crippen LogP contribution in [0.4, 0.5) is 0 Å². The van der Waals surface area contributed by atoms with Crippen LogP contribution in [0, 0.1) is 5.92 Å². The molecule has 4 nitrogen and oxygen atoms in total. The highest BCUT2D eigenvalue weighted by atomic mass is 16.5. The molecule has 0 aliphatic rings. The molecule has 0 radical (unpaired) electrons. The summed E-state index contributed by atoms with van der Waals surface area (Å²) in [6, 6.07) is 0. The lowest BCUT2D eigenvalue weighted by atomic mass is 10.0. The van der Waals surface area contributed by atoms with Crippen molar-refractivity contribution in [3.63, 3.8) is 0 Å². The molecule has 110 valence electrons. The van der Waals surface area contributed by atoms with E-state index >= 15 is 0 Å². The molecule has 0 spiro atoms. The minimum atomic E-state index is 0.124. The lowest BCUT2D eigenvalue weighted by Crippen LogP contribution is -2.05. The van der Waals surface area contributed by atoms with Crippen LogP contribution in [0.3, 0.4) is 0 Å². The Morgan fingerprint density at radius 3 is 2.63 bits per heavy atom. The number of hydrogen-bond acceptors (Lipinski definition) is 4. The first kappa shape index (κ1) is 17.7. The topological polar surface area (TPSA) is 72.5 Å². The highest BCUT2D eigenvalue weighted by Gasteiger charge is 2.05. The van der Waals surface area contributed by atoms with Gasteiger partial charge in [-0.05, 0) is 52.2 Å². The summed E-state index contributed by atoms with van der Waals surface area (Å²) in [7, 11) is 0.